The van der Waals surface area contributed by atoms with Crippen LogP contribution < -0.4 is 10.6 Å². The molecule has 1 saturated heterocycles. The molecule has 102 valence electrons. The van der Waals surface area contributed by atoms with E-state index in [1.165, 1.54) is 0 Å². The van der Waals surface area contributed by atoms with Crippen molar-refractivity contribution in [1.82, 2.24) is 15.1 Å². The number of nitrogens with zero attached hydrogens (tertiary/aromatic N) is 2. The Bertz CT molecular complexity index is 371. The van der Waals surface area contributed by atoms with Crippen LogP contribution in [0.15, 0.2) is 6.20 Å². The Labute approximate surface area is 109 Å². The highest BCUT2D eigenvalue weighted by Crippen LogP contribution is 2.16. The van der Waals surface area contributed by atoms with Crippen LogP contribution in [0, 0.1) is 0 Å². The lowest BCUT2D eigenvalue weighted by atomic mass is 10.1. The van der Waals surface area contributed by atoms with Gasteiger partial charge in [-0.15, -0.1) is 0 Å². The van der Waals surface area contributed by atoms with Gasteiger partial charge in [-0.05, 0) is 19.8 Å². The van der Waals surface area contributed by atoms with Crippen molar-refractivity contribution in [3.8, 4) is 0 Å². The zero-order valence-corrected chi connectivity index (χ0v) is 11.6. The van der Waals surface area contributed by atoms with Gasteiger partial charge in [-0.2, -0.15) is 5.10 Å². The summed E-state index contributed by atoms with van der Waals surface area (Å²) in [5, 5.41) is 11.5. The van der Waals surface area contributed by atoms with Crippen LogP contribution in [-0.4, -0.2) is 41.6 Å². The Balaban J connectivity index is 1.87. The zero-order valence-electron chi connectivity index (χ0n) is 11.6. The molecule has 0 saturated carbocycles. The van der Waals surface area contributed by atoms with Crippen LogP contribution >= 0.6 is 0 Å². The maximum absolute atomic E-state index is 5.48. The van der Waals surface area contributed by atoms with Gasteiger partial charge in [0.05, 0.1) is 24.6 Å². The smallest absolute Gasteiger partial charge is 0.0853 e. The molecule has 5 heteroatoms. The van der Waals surface area contributed by atoms with E-state index in [1.807, 2.05) is 11.7 Å². The van der Waals surface area contributed by atoms with E-state index in [2.05, 4.69) is 35.8 Å². The Morgan fingerprint density at radius 3 is 3.17 bits per heavy atom. The van der Waals surface area contributed by atoms with Crippen LogP contribution in [0.2, 0.25) is 0 Å². The summed E-state index contributed by atoms with van der Waals surface area (Å²) in [4.78, 5) is 0. The highest BCUT2D eigenvalue weighted by molar-refractivity contribution is 5.47. The number of hydrogen-bond acceptors (Lipinski definition) is 4. The Kier molecular flexibility index (Phi) is 4.60. The molecular formula is C13H24N4O. The molecule has 1 aliphatic heterocycles. The number of morpholine rings is 1. The third kappa shape index (κ3) is 3.46. The first kappa shape index (κ1) is 13.4. The van der Waals surface area contributed by atoms with E-state index < -0.39 is 0 Å². The van der Waals surface area contributed by atoms with Crippen LogP contribution in [-0.2, 0) is 18.2 Å². The van der Waals surface area contributed by atoms with Crippen molar-refractivity contribution in [1.29, 1.82) is 0 Å². The molecule has 0 amide bonds. The first-order valence-corrected chi connectivity index (χ1v) is 6.79. The number of anilines is 1. The third-order valence-electron chi connectivity index (χ3n) is 3.28. The standard InChI is InChI=1S/C13H24N4O/c1-4-12-13(8-17(3)16-12)15-10(2)7-11-9-18-6-5-14-11/h8,10-11,14-15H,4-7,9H2,1-3H3. The number of aromatic nitrogens is 2. The van der Waals surface area contributed by atoms with E-state index in [0.29, 0.717) is 12.1 Å². The largest absolute Gasteiger partial charge is 0.380 e. The molecule has 0 aliphatic carbocycles. The normalized spacial score (nSPS) is 21.8. The van der Waals surface area contributed by atoms with Crippen molar-refractivity contribution < 1.29 is 4.74 Å². The number of rotatable bonds is 5. The van der Waals surface area contributed by atoms with Crippen molar-refractivity contribution in [2.75, 3.05) is 25.1 Å². The average Bonchev–Trinajstić information content (AvgIpc) is 2.70. The Morgan fingerprint density at radius 2 is 2.50 bits per heavy atom. The second-order valence-corrected chi connectivity index (χ2v) is 5.02. The molecule has 2 rings (SSSR count). The lowest BCUT2D eigenvalue weighted by Crippen LogP contribution is -2.43. The van der Waals surface area contributed by atoms with Crippen LogP contribution in [0.5, 0.6) is 0 Å². The molecule has 18 heavy (non-hydrogen) atoms. The lowest BCUT2D eigenvalue weighted by molar-refractivity contribution is 0.0731. The lowest BCUT2D eigenvalue weighted by Gasteiger charge is -2.27. The first-order valence-electron chi connectivity index (χ1n) is 6.79. The highest BCUT2D eigenvalue weighted by Gasteiger charge is 2.17. The van der Waals surface area contributed by atoms with Crippen LogP contribution in [0.1, 0.15) is 26.0 Å². The maximum Gasteiger partial charge on any atom is 0.0853 e. The van der Waals surface area contributed by atoms with Crippen LogP contribution in [0.4, 0.5) is 5.69 Å². The van der Waals surface area contributed by atoms with E-state index in [-0.39, 0.29) is 0 Å². The fourth-order valence-corrected chi connectivity index (χ4v) is 2.44. The average molecular weight is 252 g/mol. The van der Waals surface area contributed by atoms with Gasteiger partial charge in [0.2, 0.25) is 0 Å². The number of nitrogens with one attached hydrogen (secondary N) is 2. The second kappa shape index (κ2) is 6.20. The summed E-state index contributed by atoms with van der Waals surface area (Å²) in [6.45, 7) is 6.96. The Morgan fingerprint density at radius 1 is 1.67 bits per heavy atom. The molecule has 1 aliphatic rings. The quantitative estimate of drug-likeness (QED) is 0.826. The molecular weight excluding hydrogens is 228 g/mol. The predicted octanol–water partition coefficient (Wildman–Crippen LogP) is 1.16. The number of ether oxygens (including phenoxy) is 1. The molecule has 0 spiro atoms. The van der Waals surface area contributed by atoms with Gasteiger partial charge in [-0.1, -0.05) is 6.92 Å². The summed E-state index contributed by atoms with van der Waals surface area (Å²) < 4.78 is 7.35. The summed E-state index contributed by atoms with van der Waals surface area (Å²) >= 11 is 0. The summed E-state index contributed by atoms with van der Waals surface area (Å²) in [6, 6.07) is 0.877. The highest BCUT2D eigenvalue weighted by atomic mass is 16.5. The SMILES string of the molecule is CCc1nn(C)cc1NC(C)CC1COCCN1. The summed E-state index contributed by atoms with van der Waals surface area (Å²) in [7, 11) is 1.96. The predicted molar refractivity (Wildman–Crippen MR) is 72.9 cm³/mol. The van der Waals surface area contributed by atoms with Crippen molar-refractivity contribution >= 4 is 5.69 Å². The van der Waals surface area contributed by atoms with E-state index in [4.69, 9.17) is 4.74 Å². The van der Waals surface area contributed by atoms with Gasteiger partial charge < -0.3 is 15.4 Å². The maximum atomic E-state index is 5.48. The minimum absolute atomic E-state index is 0.415. The van der Waals surface area contributed by atoms with Gasteiger partial charge in [0.1, 0.15) is 0 Å². The van der Waals surface area contributed by atoms with Gasteiger partial charge in [0.25, 0.3) is 0 Å². The first-order chi connectivity index (χ1) is 8.69. The minimum Gasteiger partial charge on any atom is -0.380 e. The topological polar surface area (TPSA) is 51.1 Å². The fraction of sp³-hybridized carbons (Fsp3) is 0.769. The van der Waals surface area contributed by atoms with Gasteiger partial charge in [0, 0.05) is 31.9 Å². The van der Waals surface area contributed by atoms with Crippen LogP contribution in [0.25, 0.3) is 0 Å². The fourth-order valence-electron chi connectivity index (χ4n) is 2.44. The molecule has 0 radical (unpaired) electrons. The van der Waals surface area contributed by atoms with Gasteiger partial charge >= 0.3 is 0 Å². The number of hydrogen-bond donors (Lipinski definition) is 2. The molecule has 2 unspecified atom stereocenters. The monoisotopic (exact) mass is 252 g/mol. The van der Waals surface area contributed by atoms with E-state index >= 15 is 0 Å². The van der Waals surface area contributed by atoms with Crippen molar-refractivity contribution in [2.24, 2.45) is 7.05 Å². The van der Waals surface area contributed by atoms with Gasteiger partial charge in [-0.3, -0.25) is 4.68 Å². The van der Waals surface area contributed by atoms with E-state index in [1.54, 1.807) is 0 Å². The molecule has 5 nitrogen and oxygen atoms in total. The Hall–Kier alpha value is -1.07. The molecule has 1 aromatic rings. The summed E-state index contributed by atoms with van der Waals surface area (Å²) in [6.07, 6.45) is 4.08. The van der Waals surface area contributed by atoms with Gasteiger partial charge in [-0.25, -0.2) is 0 Å². The summed E-state index contributed by atoms with van der Waals surface area (Å²) in [5.41, 5.74) is 2.29. The molecule has 2 N–H and O–H groups in total. The van der Waals surface area contributed by atoms with Crippen molar-refractivity contribution in [2.45, 2.75) is 38.8 Å². The van der Waals surface area contributed by atoms with Crippen molar-refractivity contribution in [3.63, 3.8) is 0 Å². The zero-order chi connectivity index (χ0) is 13.0. The molecule has 2 heterocycles. The molecule has 2 atom stereocenters. The molecule has 0 aromatic carbocycles. The molecule has 1 fully saturated rings. The van der Waals surface area contributed by atoms with Gasteiger partial charge in [0.15, 0.2) is 0 Å². The van der Waals surface area contributed by atoms with E-state index in [9.17, 15) is 0 Å². The number of aryl methyl sites for hydroxylation is 2. The minimum atomic E-state index is 0.415. The molecule has 0 bridgehead atoms. The van der Waals surface area contributed by atoms with Crippen molar-refractivity contribution in [3.05, 3.63) is 11.9 Å². The van der Waals surface area contributed by atoms with Crippen LogP contribution in [0.3, 0.4) is 0 Å². The molecule has 1 aromatic heterocycles. The second-order valence-electron chi connectivity index (χ2n) is 5.02. The summed E-state index contributed by atoms with van der Waals surface area (Å²) in [5.74, 6) is 0. The third-order valence-corrected chi connectivity index (χ3v) is 3.28. The van der Waals surface area contributed by atoms with E-state index in [0.717, 1.165) is 44.0 Å².